The van der Waals surface area contributed by atoms with E-state index in [9.17, 15) is 9.50 Å². The summed E-state index contributed by atoms with van der Waals surface area (Å²) in [6, 6.07) is 8.06. The fourth-order valence-electron chi connectivity index (χ4n) is 1.86. The van der Waals surface area contributed by atoms with Crippen molar-refractivity contribution in [1.29, 1.82) is 0 Å². The molecule has 0 radical (unpaired) electrons. The van der Waals surface area contributed by atoms with Crippen LogP contribution in [0.2, 0.25) is 5.02 Å². The Kier molecular flexibility index (Phi) is 3.76. The first-order chi connectivity index (χ1) is 8.38. The monoisotopic (exact) mass is 284 g/mol. The lowest BCUT2D eigenvalue weighted by molar-refractivity contribution is 0.0614. The first-order valence-corrected chi connectivity index (χ1v) is 6.81. The third-order valence-electron chi connectivity index (χ3n) is 2.81. The molecule has 0 aliphatic carbocycles. The Morgan fingerprint density at radius 2 is 2.06 bits per heavy atom. The molecule has 0 fully saturated rings. The largest absolute Gasteiger partial charge is 0.384 e. The predicted molar refractivity (Wildman–Crippen MR) is 73.7 cm³/mol. The molecule has 0 spiro atoms. The number of hydrogen-bond donors (Lipinski definition) is 1. The molecule has 1 aromatic heterocycles. The molecule has 2 rings (SSSR count). The summed E-state index contributed by atoms with van der Waals surface area (Å²) in [6.45, 7) is 3.71. The SMILES string of the molecule is Cc1ccc(C(C)(O)Cc2cc(F)ccc2Cl)s1. The van der Waals surface area contributed by atoms with E-state index in [-0.39, 0.29) is 5.82 Å². The summed E-state index contributed by atoms with van der Waals surface area (Å²) in [5, 5.41) is 11.0. The van der Waals surface area contributed by atoms with E-state index in [0.29, 0.717) is 17.0 Å². The fourth-order valence-corrected chi connectivity index (χ4v) is 2.96. The Morgan fingerprint density at radius 3 is 2.67 bits per heavy atom. The molecule has 96 valence electrons. The summed E-state index contributed by atoms with van der Waals surface area (Å²) in [6.07, 6.45) is 0.295. The Bertz CT molecular complexity index is 563. The van der Waals surface area contributed by atoms with Crippen LogP contribution < -0.4 is 0 Å². The minimum atomic E-state index is -1.03. The highest BCUT2D eigenvalue weighted by Crippen LogP contribution is 2.33. The standard InChI is InChI=1S/C14H14ClFOS/c1-9-3-6-13(18-9)14(2,17)8-10-7-11(16)4-5-12(10)15/h3-7,17H,8H2,1-2H3. The number of rotatable bonds is 3. The molecular formula is C14H14ClFOS. The summed E-state index contributed by atoms with van der Waals surface area (Å²) >= 11 is 7.56. The Hall–Kier alpha value is -0.900. The van der Waals surface area contributed by atoms with Crippen LogP contribution in [0.3, 0.4) is 0 Å². The highest BCUT2D eigenvalue weighted by molar-refractivity contribution is 7.12. The number of aryl methyl sites for hydroxylation is 1. The van der Waals surface area contributed by atoms with Gasteiger partial charge in [0.05, 0.1) is 0 Å². The molecule has 1 N–H and O–H groups in total. The van der Waals surface area contributed by atoms with Gasteiger partial charge in [-0.1, -0.05) is 11.6 Å². The van der Waals surface area contributed by atoms with Gasteiger partial charge in [-0.05, 0) is 49.7 Å². The van der Waals surface area contributed by atoms with Gasteiger partial charge in [0.15, 0.2) is 0 Å². The zero-order chi connectivity index (χ0) is 13.3. The van der Waals surface area contributed by atoms with E-state index in [0.717, 1.165) is 9.75 Å². The van der Waals surface area contributed by atoms with Crippen molar-refractivity contribution in [1.82, 2.24) is 0 Å². The molecule has 4 heteroatoms. The fraction of sp³-hybridized carbons (Fsp3) is 0.286. The number of benzene rings is 1. The van der Waals surface area contributed by atoms with Gasteiger partial charge in [0.25, 0.3) is 0 Å². The zero-order valence-corrected chi connectivity index (χ0v) is 11.8. The molecule has 0 saturated carbocycles. The van der Waals surface area contributed by atoms with E-state index in [1.54, 1.807) is 6.92 Å². The maximum atomic E-state index is 13.2. The molecule has 0 saturated heterocycles. The van der Waals surface area contributed by atoms with Gasteiger partial charge in [0, 0.05) is 21.2 Å². The topological polar surface area (TPSA) is 20.2 Å². The van der Waals surface area contributed by atoms with Gasteiger partial charge < -0.3 is 5.11 Å². The Labute approximate surface area is 115 Å². The number of aliphatic hydroxyl groups is 1. The van der Waals surface area contributed by atoms with E-state index in [2.05, 4.69) is 0 Å². The van der Waals surface area contributed by atoms with E-state index >= 15 is 0 Å². The normalized spacial score (nSPS) is 14.5. The molecule has 0 aliphatic heterocycles. The molecule has 1 aromatic carbocycles. The van der Waals surface area contributed by atoms with Crippen LogP contribution in [0.4, 0.5) is 4.39 Å². The van der Waals surface area contributed by atoms with Gasteiger partial charge in [-0.15, -0.1) is 11.3 Å². The van der Waals surface area contributed by atoms with Gasteiger partial charge in [-0.2, -0.15) is 0 Å². The second-order valence-electron chi connectivity index (χ2n) is 4.60. The van der Waals surface area contributed by atoms with Crippen LogP contribution in [0.1, 0.15) is 22.2 Å². The van der Waals surface area contributed by atoms with Crippen molar-refractivity contribution in [2.24, 2.45) is 0 Å². The predicted octanol–water partition coefficient (Wildman–Crippen LogP) is 4.30. The maximum Gasteiger partial charge on any atom is 0.123 e. The van der Waals surface area contributed by atoms with Crippen LogP contribution in [0, 0.1) is 12.7 Å². The lowest BCUT2D eigenvalue weighted by Crippen LogP contribution is -2.23. The van der Waals surface area contributed by atoms with E-state index in [4.69, 9.17) is 11.6 Å². The Morgan fingerprint density at radius 1 is 1.33 bits per heavy atom. The van der Waals surface area contributed by atoms with Crippen molar-refractivity contribution >= 4 is 22.9 Å². The van der Waals surface area contributed by atoms with E-state index in [1.807, 2.05) is 19.1 Å². The molecule has 1 unspecified atom stereocenters. The quantitative estimate of drug-likeness (QED) is 0.891. The van der Waals surface area contributed by atoms with E-state index in [1.165, 1.54) is 29.5 Å². The average Bonchev–Trinajstić information content (AvgIpc) is 2.71. The van der Waals surface area contributed by atoms with Crippen LogP contribution in [0.15, 0.2) is 30.3 Å². The summed E-state index contributed by atoms with van der Waals surface area (Å²) in [5.41, 5.74) is -0.413. The van der Waals surface area contributed by atoms with Gasteiger partial charge in [0.2, 0.25) is 0 Å². The number of hydrogen-bond acceptors (Lipinski definition) is 2. The maximum absolute atomic E-state index is 13.2. The van der Waals surface area contributed by atoms with Crippen LogP contribution in [0.5, 0.6) is 0 Å². The third kappa shape index (κ3) is 2.91. The van der Waals surface area contributed by atoms with Crippen molar-refractivity contribution in [2.45, 2.75) is 25.9 Å². The highest BCUT2D eigenvalue weighted by Gasteiger charge is 2.26. The first kappa shape index (κ1) is 13.5. The van der Waals surface area contributed by atoms with Crippen molar-refractivity contribution in [2.75, 3.05) is 0 Å². The van der Waals surface area contributed by atoms with Crippen LogP contribution in [-0.4, -0.2) is 5.11 Å². The molecule has 0 bridgehead atoms. The minimum absolute atomic E-state index is 0.295. The molecule has 18 heavy (non-hydrogen) atoms. The van der Waals surface area contributed by atoms with Crippen molar-refractivity contribution in [3.8, 4) is 0 Å². The van der Waals surface area contributed by atoms with Gasteiger partial charge in [-0.25, -0.2) is 4.39 Å². The van der Waals surface area contributed by atoms with Crippen molar-refractivity contribution in [3.63, 3.8) is 0 Å². The summed E-state index contributed by atoms with van der Waals surface area (Å²) in [4.78, 5) is 2.00. The van der Waals surface area contributed by atoms with Crippen molar-refractivity contribution < 1.29 is 9.50 Å². The molecule has 2 aromatic rings. The smallest absolute Gasteiger partial charge is 0.123 e. The third-order valence-corrected chi connectivity index (χ3v) is 4.44. The minimum Gasteiger partial charge on any atom is -0.384 e. The average molecular weight is 285 g/mol. The van der Waals surface area contributed by atoms with E-state index < -0.39 is 5.60 Å². The van der Waals surface area contributed by atoms with Crippen LogP contribution in [0.25, 0.3) is 0 Å². The Balaban J connectivity index is 2.29. The second kappa shape index (κ2) is 5.00. The lowest BCUT2D eigenvalue weighted by Gasteiger charge is -2.22. The molecule has 0 amide bonds. The molecule has 1 atom stereocenters. The van der Waals surface area contributed by atoms with Gasteiger partial charge >= 0.3 is 0 Å². The molecule has 1 heterocycles. The molecule has 1 nitrogen and oxygen atoms in total. The molecule has 0 aliphatic rings. The number of thiophene rings is 1. The first-order valence-electron chi connectivity index (χ1n) is 5.62. The zero-order valence-electron chi connectivity index (χ0n) is 10.2. The second-order valence-corrected chi connectivity index (χ2v) is 6.29. The summed E-state index contributed by atoms with van der Waals surface area (Å²) in [5.74, 6) is -0.340. The lowest BCUT2D eigenvalue weighted by atomic mass is 9.95. The van der Waals surface area contributed by atoms with Gasteiger partial charge in [0.1, 0.15) is 11.4 Å². The van der Waals surface area contributed by atoms with Crippen LogP contribution in [-0.2, 0) is 12.0 Å². The summed E-state index contributed by atoms with van der Waals surface area (Å²) < 4.78 is 13.2. The van der Waals surface area contributed by atoms with Gasteiger partial charge in [-0.3, -0.25) is 0 Å². The van der Waals surface area contributed by atoms with Crippen LogP contribution >= 0.6 is 22.9 Å². The highest BCUT2D eigenvalue weighted by atomic mass is 35.5. The van der Waals surface area contributed by atoms with Crippen molar-refractivity contribution in [3.05, 3.63) is 56.5 Å². The molecular weight excluding hydrogens is 271 g/mol. The summed E-state index contributed by atoms with van der Waals surface area (Å²) in [7, 11) is 0. The number of halogens is 2.